The number of aromatic nitrogens is 2. The summed E-state index contributed by atoms with van der Waals surface area (Å²) in [5.74, 6) is -1.39. The quantitative estimate of drug-likeness (QED) is 0.478. The van der Waals surface area contributed by atoms with E-state index in [-0.39, 0.29) is 17.7 Å². The molecule has 0 fully saturated rings. The molecule has 0 saturated heterocycles. The van der Waals surface area contributed by atoms with Gasteiger partial charge in [-0.25, -0.2) is 24.4 Å². The second-order valence-electron chi connectivity index (χ2n) is 5.68. The van der Waals surface area contributed by atoms with Gasteiger partial charge in [-0.15, -0.1) is 11.3 Å². The molecule has 29 heavy (non-hydrogen) atoms. The SMILES string of the molecule is CCOC(=O)c1csc2ncnc(Nc3cc(C(=O)OC)cc(C(=O)OC)c3)c12. The van der Waals surface area contributed by atoms with Gasteiger partial charge in [0.15, 0.2) is 0 Å². The third kappa shape index (κ3) is 4.16. The summed E-state index contributed by atoms with van der Waals surface area (Å²) in [6.45, 7) is 1.95. The average molecular weight is 415 g/mol. The van der Waals surface area contributed by atoms with Crippen molar-refractivity contribution in [1.82, 2.24) is 9.97 Å². The Kier molecular flexibility index (Phi) is 6.03. The van der Waals surface area contributed by atoms with Crippen molar-refractivity contribution in [2.75, 3.05) is 26.1 Å². The van der Waals surface area contributed by atoms with Crippen LogP contribution in [0, 0.1) is 0 Å². The monoisotopic (exact) mass is 415 g/mol. The lowest BCUT2D eigenvalue weighted by Gasteiger charge is -2.11. The Hall–Kier alpha value is -3.53. The summed E-state index contributed by atoms with van der Waals surface area (Å²) in [5, 5.41) is 5.17. The van der Waals surface area contributed by atoms with E-state index in [1.807, 2.05) is 0 Å². The number of ether oxygens (including phenoxy) is 3. The minimum Gasteiger partial charge on any atom is -0.465 e. The van der Waals surface area contributed by atoms with E-state index < -0.39 is 17.9 Å². The Bertz CT molecular complexity index is 1060. The zero-order valence-electron chi connectivity index (χ0n) is 15.8. The Labute approximate surface area is 169 Å². The standard InChI is InChI=1S/C19H17N3O6S/c1-4-28-19(25)13-8-29-16-14(13)15(20-9-21-16)22-12-6-10(17(23)26-2)5-11(7-12)18(24)27-3/h5-9H,4H2,1-3H3,(H,20,21,22). The molecule has 1 N–H and O–H groups in total. The molecule has 2 aromatic heterocycles. The van der Waals surface area contributed by atoms with Gasteiger partial charge in [-0.3, -0.25) is 0 Å². The molecule has 0 amide bonds. The molecule has 0 saturated carbocycles. The van der Waals surface area contributed by atoms with E-state index in [1.165, 1.54) is 50.1 Å². The summed E-state index contributed by atoms with van der Waals surface area (Å²) in [7, 11) is 2.48. The second kappa shape index (κ2) is 8.65. The van der Waals surface area contributed by atoms with Crippen LogP contribution in [0.4, 0.5) is 11.5 Å². The molecular formula is C19H17N3O6S. The van der Waals surface area contributed by atoms with Crippen molar-refractivity contribution in [2.24, 2.45) is 0 Å². The number of hydrogen-bond donors (Lipinski definition) is 1. The molecular weight excluding hydrogens is 398 g/mol. The lowest BCUT2D eigenvalue weighted by molar-refractivity contribution is 0.0527. The fourth-order valence-corrected chi connectivity index (χ4v) is 3.51. The Balaban J connectivity index is 2.08. The van der Waals surface area contributed by atoms with Crippen LogP contribution in [0.15, 0.2) is 29.9 Å². The van der Waals surface area contributed by atoms with Gasteiger partial charge in [-0.2, -0.15) is 0 Å². The van der Waals surface area contributed by atoms with Crippen molar-refractivity contribution in [3.63, 3.8) is 0 Å². The van der Waals surface area contributed by atoms with Gasteiger partial charge >= 0.3 is 17.9 Å². The highest BCUT2D eigenvalue weighted by Gasteiger charge is 2.20. The molecule has 10 heteroatoms. The number of anilines is 2. The van der Waals surface area contributed by atoms with Crippen LogP contribution >= 0.6 is 11.3 Å². The van der Waals surface area contributed by atoms with Gasteiger partial charge < -0.3 is 19.5 Å². The zero-order valence-corrected chi connectivity index (χ0v) is 16.7. The van der Waals surface area contributed by atoms with Crippen LogP contribution in [-0.2, 0) is 14.2 Å². The molecule has 0 aliphatic heterocycles. The van der Waals surface area contributed by atoms with Gasteiger partial charge in [0, 0.05) is 11.1 Å². The van der Waals surface area contributed by atoms with E-state index in [9.17, 15) is 14.4 Å². The number of methoxy groups -OCH3 is 2. The van der Waals surface area contributed by atoms with E-state index in [4.69, 9.17) is 14.2 Å². The number of benzene rings is 1. The number of nitrogens with one attached hydrogen (secondary N) is 1. The van der Waals surface area contributed by atoms with E-state index >= 15 is 0 Å². The van der Waals surface area contributed by atoms with Crippen LogP contribution in [0.5, 0.6) is 0 Å². The van der Waals surface area contributed by atoms with Gasteiger partial charge in [0.2, 0.25) is 0 Å². The van der Waals surface area contributed by atoms with Gasteiger partial charge in [0.25, 0.3) is 0 Å². The highest BCUT2D eigenvalue weighted by atomic mass is 32.1. The number of carbonyl (C=O) groups is 3. The fourth-order valence-electron chi connectivity index (χ4n) is 2.64. The maximum atomic E-state index is 12.3. The number of thiophene rings is 1. The van der Waals surface area contributed by atoms with Crippen LogP contribution in [0.2, 0.25) is 0 Å². The first kappa shape index (κ1) is 20.2. The Morgan fingerprint density at radius 2 is 1.66 bits per heavy atom. The summed E-state index contributed by atoms with van der Waals surface area (Å²) in [4.78, 5) is 45.2. The number of esters is 3. The maximum absolute atomic E-state index is 12.3. The van der Waals surface area contributed by atoms with E-state index in [2.05, 4.69) is 15.3 Å². The molecule has 2 heterocycles. The first-order valence-corrected chi connectivity index (χ1v) is 9.34. The second-order valence-corrected chi connectivity index (χ2v) is 6.54. The molecule has 0 aliphatic rings. The maximum Gasteiger partial charge on any atom is 0.339 e. The summed E-state index contributed by atoms with van der Waals surface area (Å²) >= 11 is 1.28. The largest absolute Gasteiger partial charge is 0.465 e. The van der Waals surface area contributed by atoms with Crippen molar-refractivity contribution < 1.29 is 28.6 Å². The van der Waals surface area contributed by atoms with Crippen molar-refractivity contribution in [3.8, 4) is 0 Å². The van der Waals surface area contributed by atoms with Gasteiger partial charge in [-0.1, -0.05) is 0 Å². The molecule has 0 radical (unpaired) electrons. The molecule has 0 unspecified atom stereocenters. The van der Waals surface area contributed by atoms with Crippen molar-refractivity contribution in [3.05, 3.63) is 46.6 Å². The number of fused-ring (bicyclic) bond motifs is 1. The molecule has 1 aromatic carbocycles. The highest BCUT2D eigenvalue weighted by Crippen LogP contribution is 2.32. The minimum absolute atomic E-state index is 0.152. The third-order valence-corrected chi connectivity index (χ3v) is 4.79. The third-order valence-electron chi connectivity index (χ3n) is 3.90. The Morgan fingerprint density at radius 3 is 2.24 bits per heavy atom. The summed E-state index contributed by atoms with van der Waals surface area (Å²) < 4.78 is 14.6. The zero-order chi connectivity index (χ0) is 21.0. The molecule has 150 valence electrons. The molecule has 0 atom stereocenters. The summed E-state index contributed by atoms with van der Waals surface area (Å²) in [6, 6.07) is 4.37. The number of carbonyl (C=O) groups excluding carboxylic acids is 3. The van der Waals surface area contributed by atoms with Crippen LogP contribution in [0.1, 0.15) is 38.0 Å². The van der Waals surface area contributed by atoms with Crippen molar-refractivity contribution >= 4 is 51.0 Å². The smallest absolute Gasteiger partial charge is 0.339 e. The lowest BCUT2D eigenvalue weighted by Crippen LogP contribution is -2.08. The van der Waals surface area contributed by atoms with E-state index in [0.717, 1.165) is 0 Å². The van der Waals surface area contributed by atoms with Crippen LogP contribution in [0.25, 0.3) is 10.2 Å². The number of nitrogens with zero attached hydrogens (tertiary/aromatic N) is 2. The summed E-state index contributed by atoms with van der Waals surface area (Å²) in [5.41, 5.74) is 1.01. The predicted octanol–water partition coefficient (Wildman–Crippen LogP) is 3.18. The fraction of sp³-hybridized carbons (Fsp3) is 0.211. The number of hydrogen-bond acceptors (Lipinski definition) is 10. The van der Waals surface area contributed by atoms with Crippen LogP contribution < -0.4 is 5.32 Å². The van der Waals surface area contributed by atoms with E-state index in [1.54, 1.807) is 12.3 Å². The van der Waals surface area contributed by atoms with E-state index in [0.29, 0.717) is 27.3 Å². The first-order chi connectivity index (χ1) is 14.0. The van der Waals surface area contributed by atoms with Gasteiger partial charge in [0.1, 0.15) is 17.0 Å². The normalized spacial score (nSPS) is 10.4. The van der Waals surface area contributed by atoms with Gasteiger partial charge in [0.05, 0.1) is 42.9 Å². The molecule has 3 aromatic rings. The average Bonchev–Trinajstić information content (AvgIpc) is 3.18. The van der Waals surface area contributed by atoms with Gasteiger partial charge in [-0.05, 0) is 25.1 Å². The first-order valence-electron chi connectivity index (χ1n) is 8.46. The topological polar surface area (TPSA) is 117 Å². The molecule has 0 bridgehead atoms. The van der Waals surface area contributed by atoms with Crippen LogP contribution in [0.3, 0.4) is 0 Å². The van der Waals surface area contributed by atoms with Crippen LogP contribution in [-0.4, -0.2) is 48.7 Å². The van der Waals surface area contributed by atoms with Crippen molar-refractivity contribution in [2.45, 2.75) is 6.92 Å². The van der Waals surface area contributed by atoms with Crippen molar-refractivity contribution in [1.29, 1.82) is 0 Å². The molecule has 9 nitrogen and oxygen atoms in total. The predicted molar refractivity (Wildman–Crippen MR) is 106 cm³/mol. The summed E-state index contributed by atoms with van der Waals surface area (Å²) in [6.07, 6.45) is 1.35. The highest BCUT2D eigenvalue weighted by molar-refractivity contribution is 7.17. The molecule has 0 spiro atoms. The molecule has 3 rings (SSSR count). The Morgan fingerprint density at radius 1 is 1.00 bits per heavy atom. The number of rotatable bonds is 6. The minimum atomic E-state index is -0.616. The lowest BCUT2D eigenvalue weighted by atomic mass is 10.1. The molecule has 0 aliphatic carbocycles.